The Hall–Kier alpha value is -0.460. The number of piperidine rings is 1. The first-order valence-corrected chi connectivity index (χ1v) is 6.61. The minimum Gasteiger partial charge on any atom is -0.363 e. The van der Waals surface area contributed by atoms with Gasteiger partial charge in [0.15, 0.2) is 10.6 Å². The Balaban J connectivity index is 2.02. The maximum absolute atomic E-state index is 5.27. The molecular weight excluding hydrogens is 228 g/mol. The molecule has 0 amide bonds. The second-order valence-corrected chi connectivity index (χ2v) is 5.51. The molecule has 15 heavy (non-hydrogen) atoms. The van der Waals surface area contributed by atoms with Crippen molar-refractivity contribution in [3.05, 3.63) is 3.95 Å². The van der Waals surface area contributed by atoms with Crippen molar-refractivity contribution in [2.45, 2.75) is 25.9 Å². The van der Waals surface area contributed by atoms with E-state index in [2.05, 4.69) is 10.4 Å². The van der Waals surface area contributed by atoms with Crippen molar-refractivity contribution in [3.63, 3.8) is 0 Å². The average molecular weight is 245 g/mol. The van der Waals surface area contributed by atoms with Gasteiger partial charge in [-0.3, -0.25) is 0 Å². The Morgan fingerprint density at radius 3 is 2.80 bits per heavy atom. The summed E-state index contributed by atoms with van der Waals surface area (Å²) in [7, 11) is 1.88. The summed E-state index contributed by atoms with van der Waals surface area (Å²) in [5.74, 6) is 0. The Bertz CT molecular complexity index is 364. The Kier molecular flexibility index (Phi) is 3.71. The highest BCUT2D eigenvalue weighted by Gasteiger charge is 2.15. The van der Waals surface area contributed by atoms with Crippen LogP contribution in [0, 0.1) is 3.95 Å². The second kappa shape index (κ2) is 5.05. The normalized spacial score (nSPS) is 17.9. The molecule has 0 spiro atoms. The molecule has 4 nitrogen and oxygen atoms in total. The smallest absolute Gasteiger partial charge is 0.204 e. The summed E-state index contributed by atoms with van der Waals surface area (Å²) in [4.78, 5) is 1.60. The van der Waals surface area contributed by atoms with Gasteiger partial charge in [-0.25, -0.2) is 0 Å². The van der Waals surface area contributed by atoms with Crippen LogP contribution in [0.15, 0.2) is 0 Å². The molecule has 0 bridgehead atoms. The molecule has 0 aliphatic carbocycles. The Morgan fingerprint density at radius 1 is 1.47 bits per heavy atom. The maximum atomic E-state index is 5.27. The van der Waals surface area contributed by atoms with Gasteiger partial charge in [0, 0.05) is 7.05 Å². The number of nitrogens with zero attached hydrogens (tertiary/aromatic N) is 2. The van der Waals surface area contributed by atoms with Crippen molar-refractivity contribution >= 4 is 28.7 Å². The minimum atomic E-state index is 0.873. The summed E-state index contributed by atoms with van der Waals surface area (Å²) in [5, 5.41) is 8.37. The van der Waals surface area contributed by atoms with Crippen molar-refractivity contribution in [2.24, 2.45) is 0 Å². The summed E-state index contributed by atoms with van der Waals surface area (Å²) in [6.07, 6.45) is 4.06. The van der Waals surface area contributed by atoms with Crippen LogP contribution in [0.4, 0.5) is 5.13 Å². The van der Waals surface area contributed by atoms with Gasteiger partial charge in [-0.1, -0.05) is 11.3 Å². The third-order valence-electron chi connectivity index (χ3n) is 2.75. The molecule has 84 valence electrons. The number of aromatic nitrogens is 2. The van der Waals surface area contributed by atoms with E-state index in [0.29, 0.717) is 0 Å². The quantitative estimate of drug-likeness (QED) is 0.771. The van der Waals surface area contributed by atoms with Gasteiger partial charge >= 0.3 is 0 Å². The fraction of sp³-hybridized carbons (Fsp3) is 0.778. The highest BCUT2D eigenvalue weighted by molar-refractivity contribution is 7.73. The number of anilines is 1. The van der Waals surface area contributed by atoms with Gasteiger partial charge in [-0.15, -0.1) is 5.10 Å². The predicted octanol–water partition coefficient (Wildman–Crippen LogP) is 0.742. The summed E-state index contributed by atoms with van der Waals surface area (Å²) < 4.78 is 2.82. The molecule has 2 N–H and O–H groups in total. The SMILES string of the molecule is CNc1nn(C[NH+]2CCCCC2)c(=S)s1. The van der Waals surface area contributed by atoms with Crippen LogP contribution in [0.3, 0.4) is 0 Å². The van der Waals surface area contributed by atoms with Crippen LogP contribution >= 0.6 is 23.6 Å². The lowest BCUT2D eigenvalue weighted by Crippen LogP contribution is -3.12. The predicted molar refractivity (Wildman–Crippen MR) is 65.0 cm³/mol. The lowest BCUT2D eigenvalue weighted by molar-refractivity contribution is -0.928. The zero-order chi connectivity index (χ0) is 10.7. The topological polar surface area (TPSA) is 34.3 Å². The largest absolute Gasteiger partial charge is 0.363 e. The van der Waals surface area contributed by atoms with Crippen LogP contribution in [0.1, 0.15) is 19.3 Å². The standard InChI is InChI=1S/C9H16N4S2/c1-10-8-11-13(9(14)15-8)7-12-5-3-2-4-6-12/h2-7H2,1H3,(H,10,11)/p+1. The summed E-state index contributed by atoms with van der Waals surface area (Å²) >= 11 is 6.82. The first kappa shape index (κ1) is 11.0. The molecule has 0 atom stereocenters. The molecule has 2 heterocycles. The zero-order valence-electron chi connectivity index (χ0n) is 8.95. The Morgan fingerprint density at radius 2 is 2.20 bits per heavy atom. The van der Waals surface area contributed by atoms with Crippen LogP contribution in [-0.4, -0.2) is 29.9 Å². The molecule has 0 unspecified atom stereocenters. The fourth-order valence-corrected chi connectivity index (χ4v) is 2.89. The molecule has 1 fully saturated rings. The van der Waals surface area contributed by atoms with Crippen molar-refractivity contribution in [3.8, 4) is 0 Å². The molecular formula is C9H17N4S2+. The average Bonchev–Trinajstić information content (AvgIpc) is 2.61. The number of quaternary nitrogens is 1. The molecule has 1 aliphatic rings. The third-order valence-corrected chi connectivity index (χ3v) is 4.08. The van der Waals surface area contributed by atoms with E-state index in [4.69, 9.17) is 12.2 Å². The van der Waals surface area contributed by atoms with Crippen molar-refractivity contribution in [1.29, 1.82) is 0 Å². The molecule has 0 aromatic carbocycles. The van der Waals surface area contributed by atoms with Gasteiger partial charge in [0.05, 0.1) is 13.1 Å². The van der Waals surface area contributed by atoms with E-state index >= 15 is 0 Å². The van der Waals surface area contributed by atoms with E-state index in [1.807, 2.05) is 11.7 Å². The highest BCUT2D eigenvalue weighted by atomic mass is 32.1. The lowest BCUT2D eigenvalue weighted by Gasteiger charge is -2.22. The van der Waals surface area contributed by atoms with Crippen LogP contribution in [0.5, 0.6) is 0 Å². The monoisotopic (exact) mass is 245 g/mol. The van der Waals surface area contributed by atoms with Gasteiger partial charge in [0.25, 0.3) is 0 Å². The molecule has 6 heteroatoms. The van der Waals surface area contributed by atoms with E-state index in [1.165, 1.54) is 32.4 Å². The van der Waals surface area contributed by atoms with Gasteiger partial charge in [-0.05, 0) is 31.5 Å². The van der Waals surface area contributed by atoms with Gasteiger partial charge in [-0.2, -0.15) is 4.68 Å². The lowest BCUT2D eigenvalue weighted by atomic mass is 10.1. The molecule has 1 aliphatic heterocycles. The summed E-state index contributed by atoms with van der Waals surface area (Å²) in [5.41, 5.74) is 0. The molecule has 1 aromatic rings. The van der Waals surface area contributed by atoms with Crippen LogP contribution in [0.2, 0.25) is 0 Å². The zero-order valence-corrected chi connectivity index (χ0v) is 10.6. The number of nitrogens with one attached hydrogen (secondary N) is 2. The molecule has 0 radical (unpaired) electrons. The number of hydrogen-bond donors (Lipinski definition) is 2. The maximum Gasteiger partial charge on any atom is 0.204 e. The van der Waals surface area contributed by atoms with Gasteiger partial charge < -0.3 is 10.2 Å². The number of rotatable bonds is 3. The fourth-order valence-electron chi connectivity index (χ4n) is 1.93. The van der Waals surface area contributed by atoms with Gasteiger partial charge in [0.1, 0.15) is 0 Å². The van der Waals surface area contributed by atoms with E-state index in [1.54, 1.807) is 16.2 Å². The van der Waals surface area contributed by atoms with Crippen molar-refractivity contribution in [2.75, 3.05) is 25.5 Å². The van der Waals surface area contributed by atoms with Crippen molar-refractivity contribution in [1.82, 2.24) is 9.78 Å². The number of hydrogen-bond acceptors (Lipinski definition) is 4. The summed E-state index contributed by atoms with van der Waals surface area (Å²) in [6, 6.07) is 0. The minimum absolute atomic E-state index is 0.873. The first-order chi connectivity index (χ1) is 7.29. The second-order valence-electron chi connectivity index (χ2n) is 3.89. The van der Waals surface area contributed by atoms with Crippen LogP contribution in [-0.2, 0) is 6.67 Å². The van der Waals surface area contributed by atoms with Crippen molar-refractivity contribution < 1.29 is 4.90 Å². The number of likely N-dealkylation sites (tertiary alicyclic amines) is 1. The van der Waals surface area contributed by atoms with E-state index < -0.39 is 0 Å². The van der Waals surface area contributed by atoms with Crippen LogP contribution < -0.4 is 10.2 Å². The Labute approximate surface area is 98.9 Å². The molecule has 0 saturated carbocycles. The van der Waals surface area contributed by atoms with E-state index in [9.17, 15) is 0 Å². The van der Waals surface area contributed by atoms with E-state index in [-0.39, 0.29) is 0 Å². The van der Waals surface area contributed by atoms with Gasteiger partial charge in [0.2, 0.25) is 5.13 Å². The summed E-state index contributed by atoms with van der Waals surface area (Å²) in [6.45, 7) is 3.44. The van der Waals surface area contributed by atoms with E-state index in [0.717, 1.165) is 15.8 Å². The molecule has 1 saturated heterocycles. The molecule has 1 aromatic heterocycles. The third kappa shape index (κ3) is 2.76. The highest BCUT2D eigenvalue weighted by Crippen LogP contribution is 2.12. The molecule has 2 rings (SSSR count). The first-order valence-electron chi connectivity index (χ1n) is 5.39. The van der Waals surface area contributed by atoms with Crippen LogP contribution in [0.25, 0.3) is 0 Å².